The molecular weight excluding hydrogens is 116 g/mol. The first kappa shape index (κ1) is 4.93. The first-order valence-electron chi connectivity index (χ1n) is 3.01. The van der Waals surface area contributed by atoms with Crippen LogP contribution in [0, 0.1) is 0 Å². The Kier molecular flexibility index (Phi) is 0.843. The molecule has 4 heteroatoms. The third-order valence-electron chi connectivity index (χ3n) is 1.66. The minimum absolute atomic E-state index is 0.118. The van der Waals surface area contributed by atoms with E-state index in [-0.39, 0.29) is 6.04 Å². The van der Waals surface area contributed by atoms with E-state index >= 15 is 0 Å². The Morgan fingerprint density at radius 2 is 2.67 bits per heavy atom. The van der Waals surface area contributed by atoms with Crippen LogP contribution in [0.25, 0.3) is 0 Å². The van der Waals surface area contributed by atoms with Gasteiger partial charge in [-0.25, -0.2) is 0 Å². The van der Waals surface area contributed by atoms with Gasteiger partial charge in [0.25, 0.3) is 0 Å². The molecule has 1 aliphatic heterocycles. The summed E-state index contributed by atoms with van der Waals surface area (Å²) in [6.07, 6.45) is 2.73. The summed E-state index contributed by atoms with van der Waals surface area (Å²) < 4.78 is 1.99. The fourth-order valence-corrected chi connectivity index (χ4v) is 1.13. The lowest BCUT2D eigenvalue weighted by molar-refractivity contribution is 0.667. The normalized spacial score (nSPS) is 24.3. The summed E-state index contributed by atoms with van der Waals surface area (Å²) in [6, 6.07) is 0.118. The lowest BCUT2D eigenvalue weighted by Gasteiger charge is -1.93. The molecule has 0 saturated heterocycles. The molecule has 0 radical (unpaired) electrons. The average Bonchev–Trinajstić information content (AvgIpc) is 2.35. The van der Waals surface area contributed by atoms with Gasteiger partial charge in [0.05, 0.1) is 6.04 Å². The molecule has 1 aliphatic rings. The zero-order valence-electron chi connectivity index (χ0n) is 4.99. The number of rotatable bonds is 0. The fraction of sp³-hybridized carbons (Fsp3) is 0.600. The summed E-state index contributed by atoms with van der Waals surface area (Å²) in [5.41, 5.74) is 5.67. The van der Waals surface area contributed by atoms with E-state index in [9.17, 15) is 0 Å². The summed E-state index contributed by atoms with van der Waals surface area (Å²) >= 11 is 0. The molecule has 0 fully saturated rings. The number of aryl methyl sites for hydroxylation is 1. The van der Waals surface area contributed by atoms with Crippen molar-refractivity contribution in [2.45, 2.75) is 19.0 Å². The molecule has 1 aromatic rings. The van der Waals surface area contributed by atoms with Gasteiger partial charge in [0.2, 0.25) is 0 Å². The third-order valence-corrected chi connectivity index (χ3v) is 1.66. The second-order valence-corrected chi connectivity index (χ2v) is 2.28. The van der Waals surface area contributed by atoms with Gasteiger partial charge in [-0.15, -0.1) is 10.2 Å². The van der Waals surface area contributed by atoms with Crippen LogP contribution in [-0.4, -0.2) is 14.8 Å². The summed E-state index contributed by atoms with van der Waals surface area (Å²) in [5, 5.41) is 7.59. The molecule has 0 aromatic carbocycles. The van der Waals surface area contributed by atoms with Gasteiger partial charge in [-0.1, -0.05) is 0 Å². The van der Waals surface area contributed by atoms with E-state index < -0.39 is 0 Å². The zero-order chi connectivity index (χ0) is 6.27. The van der Waals surface area contributed by atoms with Crippen LogP contribution in [0.15, 0.2) is 6.33 Å². The van der Waals surface area contributed by atoms with Crippen molar-refractivity contribution in [2.75, 3.05) is 0 Å². The monoisotopic (exact) mass is 124 g/mol. The number of nitrogens with two attached hydrogens (primary N) is 1. The maximum atomic E-state index is 5.67. The summed E-state index contributed by atoms with van der Waals surface area (Å²) in [6.45, 7) is 0.976. The Morgan fingerprint density at radius 1 is 1.78 bits per heavy atom. The number of fused-ring (bicyclic) bond motifs is 1. The average molecular weight is 124 g/mol. The quantitative estimate of drug-likeness (QED) is 0.515. The van der Waals surface area contributed by atoms with Crippen molar-refractivity contribution >= 4 is 0 Å². The number of nitrogens with zero attached hydrogens (tertiary/aromatic N) is 3. The predicted octanol–water partition coefficient (Wildman–Crippen LogP) is -0.318. The van der Waals surface area contributed by atoms with Crippen molar-refractivity contribution in [3.63, 3.8) is 0 Å². The molecule has 48 valence electrons. The third kappa shape index (κ3) is 0.564. The molecule has 0 spiro atoms. The highest BCUT2D eigenvalue weighted by atomic mass is 15.3. The van der Waals surface area contributed by atoms with Crippen LogP contribution < -0.4 is 5.73 Å². The summed E-state index contributed by atoms with van der Waals surface area (Å²) in [4.78, 5) is 0. The van der Waals surface area contributed by atoms with E-state index in [1.54, 1.807) is 6.33 Å². The molecule has 1 aromatic heterocycles. The van der Waals surface area contributed by atoms with Crippen molar-refractivity contribution in [3.05, 3.63) is 12.2 Å². The lowest BCUT2D eigenvalue weighted by Crippen LogP contribution is -2.06. The molecule has 0 bridgehead atoms. The van der Waals surface area contributed by atoms with Crippen molar-refractivity contribution in [3.8, 4) is 0 Å². The van der Waals surface area contributed by atoms with E-state index in [0.717, 1.165) is 18.8 Å². The highest BCUT2D eigenvalue weighted by molar-refractivity contribution is 4.98. The maximum Gasteiger partial charge on any atom is 0.149 e. The molecule has 0 amide bonds. The van der Waals surface area contributed by atoms with Crippen LogP contribution in [0.1, 0.15) is 18.3 Å². The first-order chi connectivity index (χ1) is 4.38. The minimum Gasteiger partial charge on any atom is -0.321 e. The Hall–Kier alpha value is -0.900. The van der Waals surface area contributed by atoms with Gasteiger partial charge in [0, 0.05) is 6.54 Å². The van der Waals surface area contributed by atoms with Crippen LogP contribution in [0.3, 0.4) is 0 Å². The molecule has 1 atom stereocenters. The maximum absolute atomic E-state index is 5.67. The van der Waals surface area contributed by atoms with Gasteiger partial charge in [0.15, 0.2) is 0 Å². The second-order valence-electron chi connectivity index (χ2n) is 2.28. The van der Waals surface area contributed by atoms with Gasteiger partial charge >= 0.3 is 0 Å². The second kappa shape index (κ2) is 1.54. The van der Waals surface area contributed by atoms with E-state index in [0.29, 0.717) is 0 Å². The Balaban J connectivity index is 2.49. The minimum atomic E-state index is 0.118. The van der Waals surface area contributed by atoms with Crippen molar-refractivity contribution in [1.29, 1.82) is 0 Å². The smallest absolute Gasteiger partial charge is 0.149 e. The Morgan fingerprint density at radius 3 is 3.44 bits per heavy atom. The molecule has 0 saturated carbocycles. The van der Waals surface area contributed by atoms with Gasteiger partial charge in [0.1, 0.15) is 12.2 Å². The van der Waals surface area contributed by atoms with E-state index in [2.05, 4.69) is 10.2 Å². The number of aromatic nitrogens is 3. The van der Waals surface area contributed by atoms with Crippen LogP contribution in [0.4, 0.5) is 0 Å². The zero-order valence-corrected chi connectivity index (χ0v) is 4.99. The number of hydrogen-bond acceptors (Lipinski definition) is 3. The van der Waals surface area contributed by atoms with Gasteiger partial charge in [-0.05, 0) is 6.42 Å². The molecule has 2 N–H and O–H groups in total. The Bertz CT molecular complexity index is 216. The predicted molar refractivity (Wildman–Crippen MR) is 31.6 cm³/mol. The van der Waals surface area contributed by atoms with Gasteiger partial charge < -0.3 is 10.3 Å². The molecular formula is C5H8N4. The SMILES string of the molecule is NC1CCn2cnnc21. The van der Waals surface area contributed by atoms with Gasteiger partial charge in [-0.2, -0.15) is 0 Å². The van der Waals surface area contributed by atoms with Crippen LogP contribution in [-0.2, 0) is 6.54 Å². The molecule has 4 nitrogen and oxygen atoms in total. The van der Waals surface area contributed by atoms with Crippen LogP contribution >= 0.6 is 0 Å². The molecule has 9 heavy (non-hydrogen) atoms. The molecule has 0 aliphatic carbocycles. The van der Waals surface area contributed by atoms with Crippen molar-refractivity contribution < 1.29 is 0 Å². The van der Waals surface area contributed by atoms with Crippen molar-refractivity contribution in [2.24, 2.45) is 5.73 Å². The summed E-state index contributed by atoms with van der Waals surface area (Å²) in [5.74, 6) is 0.926. The highest BCUT2D eigenvalue weighted by Crippen LogP contribution is 2.18. The lowest BCUT2D eigenvalue weighted by atomic mass is 10.3. The highest BCUT2D eigenvalue weighted by Gasteiger charge is 2.19. The first-order valence-corrected chi connectivity index (χ1v) is 3.01. The van der Waals surface area contributed by atoms with Crippen molar-refractivity contribution in [1.82, 2.24) is 14.8 Å². The standard InChI is InChI=1S/C5H8N4/c6-4-1-2-9-3-7-8-5(4)9/h3-4H,1-2,6H2. The van der Waals surface area contributed by atoms with E-state index in [1.807, 2.05) is 4.57 Å². The fourth-order valence-electron chi connectivity index (χ4n) is 1.13. The summed E-state index contributed by atoms with van der Waals surface area (Å²) in [7, 11) is 0. The topological polar surface area (TPSA) is 56.7 Å². The number of hydrogen-bond donors (Lipinski definition) is 1. The molecule has 2 rings (SSSR count). The van der Waals surface area contributed by atoms with E-state index in [1.165, 1.54) is 0 Å². The van der Waals surface area contributed by atoms with E-state index in [4.69, 9.17) is 5.73 Å². The van der Waals surface area contributed by atoms with Gasteiger partial charge in [-0.3, -0.25) is 0 Å². The Labute approximate surface area is 52.7 Å². The molecule has 2 heterocycles. The van der Waals surface area contributed by atoms with Crippen LogP contribution in [0.5, 0.6) is 0 Å². The van der Waals surface area contributed by atoms with Crippen LogP contribution in [0.2, 0.25) is 0 Å². The largest absolute Gasteiger partial charge is 0.321 e. The molecule has 1 unspecified atom stereocenters.